The highest BCUT2D eigenvalue weighted by Crippen LogP contribution is 2.16. The summed E-state index contributed by atoms with van der Waals surface area (Å²) in [5.41, 5.74) is -1.51. The fourth-order valence-corrected chi connectivity index (χ4v) is 2.07. The number of hydrogen-bond donors (Lipinski definition) is 2. The molecule has 0 heterocycles. The molecule has 0 spiro atoms. The minimum Gasteiger partial charge on any atom is -0.480 e. The number of rotatable bonds is 4. The van der Waals surface area contributed by atoms with E-state index in [1.807, 2.05) is 0 Å². The zero-order chi connectivity index (χ0) is 10.9. The lowest BCUT2D eigenvalue weighted by molar-refractivity contribution is -0.146. The molecule has 6 nitrogen and oxygen atoms in total. The molecular formula is C6H14N2O4S. The molecule has 0 aliphatic rings. The molecule has 0 rings (SSSR count). The summed E-state index contributed by atoms with van der Waals surface area (Å²) in [6, 6.07) is 0. The van der Waals surface area contributed by atoms with E-state index in [0.717, 1.165) is 4.31 Å². The maximum absolute atomic E-state index is 11.0. The van der Waals surface area contributed by atoms with Gasteiger partial charge in [0.1, 0.15) is 5.54 Å². The van der Waals surface area contributed by atoms with Gasteiger partial charge in [0.25, 0.3) is 10.2 Å². The van der Waals surface area contributed by atoms with Crippen LogP contribution in [0.1, 0.15) is 20.8 Å². The predicted molar refractivity (Wildman–Crippen MR) is 47.2 cm³/mol. The van der Waals surface area contributed by atoms with E-state index in [4.69, 9.17) is 10.2 Å². The van der Waals surface area contributed by atoms with E-state index in [1.165, 1.54) is 20.8 Å². The van der Waals surface area contributed by atoms with E-state index in [1.54, 1.807) is 0 Å². The Balaban J connectivity index is 5.12. The minimum absolute atomic E-state index is 0.0259. The molecule has 0 saturated heterocycles. The third kappa shape index (κ3) is 2.64. The van der Waals surface area contributed by atoms with Crippen LogP contribution in [0.3, 0.4) is 0 Å². The molecule has 78 valence electrons. The van der Waals surface area contributed by atoms with Gasteiger partial charge < -0.3 is 5.11 Å². The highest BCUT2D eigenvalue weighted by molar-refractivity contribution is 7.86. The fourth-order valence-electron chi connectivity index (χ4n) is 1.00. The molecule has 0 unspecified atom stereocenters. The third-order valence-electron chi connectivity index (χ3n) is 1.74. The summed E-state index contributed by atoms with van der Waals surface area (Å²) in [7, 11) is -3.97. The van der Waals surface area contributed by atoms with E-state index in [2.05, 4.69) is 0 Å². The van der Waals surface area contributed by atoms with Crippen LogP contribution in [0.15, 0.2) is 0 Å². The van der Waals surface area contributed by atoms with Crippen molar-refractivity contribution in [3.63, 3.8) is 0 Å². The van der Waals surface area contributed by atoms with Gasteiger partial charge in [0, 0.05) is 6.54 Å². The van der Waals surface area contributed by atoms with Crippen LogP contribution in [0.5, 0.6) is 0 Å². The molecule has 0 atom stereocenters. The summed E-state index contributed by atoms with van der Waals surface area (Å²) in [5, 5.41) is 13.6. The monoisotopic (exact) mass is 210 g/mol. The summed E-state index contributed by atoms with van der Waals surface area (Å²) in [6.07, 6.45) is 0. The number of nitrogens with zero attached hydrogens (tertiary/aromatic N) is 1. The maximum Gasteiger partial charge on any atom is 0.324 e. The van der Waals surface area contributed by atoms with Crippen LogP contribution >= 0.6 is 0 Å². The average molecular weight is 210 g/mol. The Bertz CT molecular complexity index is 296. The highest BCUT2D eigenvalue weighted by Gasteiger charge is 2.39. The molecule has 0 bridgehead atoms. The summed E-state index contributed by atoms with van der Waals surface area (Å²) >= 11 is 0. The zero-order valence-electron chi connectivity index (χ0n) is 7.81. The number of carboxylic acids is 1. The topological polar surface area (TPSA) is 101 Å². The normalized spacial score (nSPS) is 13.3. The van der Waals surface area contributed by atoms with E-state index in [-0.39, 0.29) is 6.54 Å². The maximum atomic E-state index is 11.0. The first kappa shape index (κ1) is 12.3. The second kappa shape index (κ2) is 3.60. The Morgan fingerprint density at radius 3 is 2.00 bits per heavy atom. The van der Waals surface area contributed by atoms with Crippen molar-refractivity contribution in [2.45, 2.75) is 26.3 Å². The predicted octanol–water partition coefficient (Wildman–Crippen LogP) is -0.625. The number of aliphatic carboxylic acids is 1. The quantitative estimate of drug-likeness (QED) is 0.645. The molecule has 0 aliphatic heterocycles. The second-order valence-corrected chi connectivity index (χ2v) is 4.54. The summed E-state index contributed by atoms with van der Waals surface area (Å²) in [4.78, 5) is 10.7. The van der Waals surface area contributed by atoms with Crippen molar-refractivity contribution >= 4 is 16.2 Å². The number of carboxylic acid groups (broad SMARTS) is 1. The highest BCUT2D eigenvalue weighted by atomic mass is 32.2. The van der Waals surface area contributed by atoms with Gasteiger partial charge >= 0.3 is 5.97 Å². The van der Waals surface area contributed by atoms with Crippen LogP contribution in [-0.4, -0.2) is 35.9 Å². The number of hydrogen-bond acceptors (Lipinski definition) is 3. The van der Waals surface area contributed by atoms with Crippen LogP contribution in [0.4, 0.5) is 0 Å². The molecule has 0 aromatic carbocycles. The molecular weight excluding hydrogens is 196 g/mol. The van der Waals surface area contributed by atoms with E-state index >= 15 is 0 Å². The van der Waals surface area contributed by atoms with Gasteiger partial charge in [-0.05, 0) is 13.8 Å². The Morgan fingerprint density at radius 2 is 1.92 bits per heavy atom. The lowest BCUT2D eigenvalue weighted by Crippen LogP contribution is -2.54. The number of nitrogens with two attached hydrogens (primary N) is 1. The largest absolute Gasteiger partial charge is 0.480 e. The number of likely N-dealkylation sites (N-methyl/N-ethyl adjacent to an activating group) is 1. The van der Waals surface area contributed by atoms with Crippen molar-refractivity contribution in [3.05, 3.63) is 0 Å². The van der Waals surface area contributed by atoms with Crippen molar-refractivity contribution in [1.82, 2.24) is 4.31 Å². The molecule has 0 amide bonds. The molecule has 0 fully saturated rings. The molecule has 13 heavy (non-hydrogen) atoms. The first-order valence-electron chi connectivity index (χ1n) is 3.68. The van der Waals surface area contributed by atoms with Gasteiger partial charge in [0.15, 0.2) is 0 Å². The van der Waals surface area contributed by atoms with Crippen molar-refractivity contribution < 1.29 is 18.3 Å². The Labute approximate surface area is 77.5 Å². The SMILES string of the molecule is CCN(C(C)(C)C(=O)O)S(N)(=O)=O. The van der Waals surface area contributed by atoms with Gasteiger partial charge in [-0.25, -0.2) is 5.14 Å². The van der Waals surface area contributed by atoms with Gasteiger partial charge in [-0.15, -0.1) is 0 Å². The Kier molecular flexibility index (Phi) is 3.42. The standard InChI is InChI=1S/C6H14N2O4S/c1-4-8(13(7,11)12)6(2,3)5(9)10/h4H2,1-3H3,(H,9,10)(H2,7,11,12). The first-order valence-corrected chi connectivity index (χ1v) is 5.18. The van der Waals surface area contributed by atoms with Gasteiger partial charge in [-0.3, -0.25) is 4.79 Å². The summed E-state index contributed by atoms with van der Waals surface area (Å²) in [5.74, 6) is -1.23. The van der Waals surface area contributed by atoms with Crippen LogP contribution in [0.25, 0.3) is 0 Å². The molecule has 7 heteroatoms. The lowest BCUT2D eigenvalue weighted by Gasteiger charge is -2.31. The molecule has 0 aromatic heterocycles. The first-order chi connectivity index (χ1) is 5.64. The third-order valence-corrected chi connectivity index (χ3v) is 3.07. The van der Waals surface area contributed by atoms with Gasteiger partial charge in [0.05, 0.1) is 0 Å². The molecule has 0 aromatic rings. The van der Waals surface area contributed by atoms with E-state index in [0.29, 0.717) is 0 Å². The van der Waals surface area contributed by atoms with E-state index in [9.17, 15) is 13.2 Å². The molecule has 3 N–H and O–H groups in total. The Morgan fingerprint density at radius 1 is 1.54 bits per heavy atom. The van der Waals surface area contributed by atoms with Crippen molar-refractivity contribution in [2.75, 3.05) is 6.54 Å². The fraction of sp³-hybridized carbons (Fsp3) is 0.833. The van der Waals surface area contributed by atoms with Crippen LogP contribution < -0.4 is 5.14 Å². The minimum atomic E-state index is -3.97. The van der Waals surface area contributed by atoms with Crippen LogP contribution in [0.2, 0.25) is 0 Å². The van der Waals surface area contributed by atoms with Gasteiger partial charge in [-0.1, -0.05) is 6.92 Å². The zero-order valence-corrected chi connectivity index (χ0v) is 8.63. The van der Waals surface area contributed by atoms with Crippen LogP contribution in [0, 0.1) is 0 Å². The summed E-state index contributed by atoms with van der Waals surface area (Å²) in [6.45, 7) is 4.11. The van der Waals surface area contributed by atoms with Crippen molar-refractivity contribution in [1.29, 1.82) is 0 Å². The molecule has 0 saturated carbocycles. The molecule has 0 aliphatic carbocycles. The molecule has 0 radical (unpaired) electrons. The Hall–Kier alpha value is -0.660. The lowest BCUT2D eigenvalue weighted by atomic mass is 10.1. The van der Waals surface area contributed by atoms with Crippen LogP contribution in [-0.2, 0) is 15.0 Å². The smallest absolute Gasteiger partial charge is 0.324 e. The summed E-state index contributed by atoms with van der Waals surface area (Å²) < 4.78 is 22.6. The van der Waals surface area contributed by atoms with Crippen molar-refractivity contribution in [2.24, 2.45) is 5.14 Å². The average Bonchev–Trinajstić information content (AvgIpc) is 1.83. The van der Waals surface area contributed by atoms with E-state index < -0.39 is 21.7 Å². The van der Waals surface area contributed by atoms with Gasteiger partial charge in [0.2, 0.25) is 0 Å². The van der Waals surface area contributed by atoms with Crippen molar-refractivity contribution in [3.8, 4) is 0 Å². The number of carbonyl (C=O) groups is 1. The van der Waals surface area contributed by atoms with Gasteiger partial charge in [-0.2, -0.15) is 12.7 Å². The second-order valence-electron chi connectivity index (χ2n) is 3.07.